The van der Waals surface area contributed by atoms with Gasteiger partial charge < -0.3 is 15.2 Å². The van der Waals surface area contributed by atoms with Gasteiger partial charge in [0.25, 0.3) is 5.56 Å². The summed E-state index contributed by atoms with van der Waals surface area (Å²) in [7, 11) is 0. The van der Waals surface area contributed by atoms with Gasteiger partial charge in [0.05, 0.1) is 24.5 Å². The first kappa shape index (κ1) is 18.2. The van der Waals surface area contributed by atoms with Crippen LogP contribution in [0.25, 0.3) is 22.1 Å². The molecule has 0 spiro atoms. The third-order valence-corrected chi connectivity index (χ3v) is 6.02. The molecule has 29 heavy (non-hydrogen) atoms. The summed E-state index contributed by atoms with van der Waals surface area (Å²) in [5.41, 5.74) is 9.79. The first-order valence-electron chi connectivity index (χ1n) is 9.82. The minimum Gasteiger partial charge on any atom is -0.341 e. The lowest BCUT2D eigenvalue weighted by atomic mass is 10.1. The summed E-state index contributed by atoms with van der Waals surface area (Å²) >= 11 is 1.17. The molecule has 0 unspecified atom stereocenters. The Morgan fingerprint density at radius 2 is 2.17 bits per heavy atom. The SMILES string of the molecule is CCn1c(N2CCC[C@@H](N)C2)nc2cnn(Cc3cccc4nsnc34)c(=O)c21. The Hall–Kier alpha value is -2.85. The van der Waals surface area contributed by atoms with E-state index in [0.717, 1.165) is 48.5 Å². The molecule has 5 rings (SSSR count). The Balaban J connectivity index is 1.59. The quantitative estimate of drug-likeness (QED) is 0.544. The van der Waals surface area contributed by atoms with E-state index in [1.807, 2.05) is 29.7 Å². The molecule has 0 saturated carbocycles. The van der Waals surface area contributed by atoms with E-state index in [0.29, 0.717) is 24.1 Å². The highest BCUT2D eigenvalue weighted by Crippen LogP contribution is 2.23. The Labute approximate surface area is 171 Å². The standard InChI is InChI=1S/C19H22N8OS/c1-2-26-17-15(22-19(26)25-8-4-6-13(20)11-25)9-21-27(18(17)28)10-12-5-3-7-14-16(12)24-29-23-14/h3,5,7,9,13H,2,4,6,8,10-11,20H2,1H3/t13-/m1/s1. The van der Waals surface area contributed by atoms with Crippen LogP contribution < -0.4 is 16.2 Å². The van der Waals surface area contributed by atoms with Crippen molar-refractivity contribution in [2.75, 3.05) is 18.0 Å². The number of piperidine rings is 1. The molecule has 150 valence electrons. The summed E-state index contributed by atoms with van der Waals surface area (Å²) in [6.07, 6.45) is 3.73. The van der Waals surface area contributed by atoms with Crippen molar-refractivity contribution in [3.63, 3.8) is 0 Å². The van der Waals surface area contributed by atoms with Crippen LogP contribution in [-0.2, 0) is 13.1 Å². The maximum Gasteiger partial charge on any atom is 0.293 e. The number of nitrogens with two attached hydrogens (primary N) is 1. The fraction of sp³-hybridized carbons (Fsp3) is 0.421. The van der Waals surface area contributed by atoms with Crippen LogP contribution in [0.3, 0.4) is 0 Å². The van der Waals surface area contributed by atoms with E-state index in [4.69, 9.17) is 10.7 Å². The molecule has 2 N–H and O–H groups in total. The Bertz CT molecular complexity index is 1240. The molecular formula is C19H22N8OS. The van der Waals surface area contributed by atoms with Gasteiger partial charge in [-0.15, -0.1) is 0 Å². The van der Waals surface area contributed by atoms with Gasteiger partial charge in [0, 0.05) is 31.2 Å². The second-order valence-electron chi connectivity index (χ2n) is 7.39. The molecule has 4 heterocycles. The number of hydrogen-bond donors (Lipinski definition) is 1. The molecule has 9 nitrogen and oxygen atoms in total. The Morgan fingerprint density at radius 1 is 1.28 bits per heavy atom. The molecule has 1 saturated heterocycles. The van der Waals surface area contributed by atoms with Gasteiger partial charge in [-0.2, -0.15) is 13.8 Å². The zero-order valence-corrected chi connectivity index (χ0v) is 17.0. The molecule has 3 aromatic heterocycles. The van der Waals surface area contributed by atoms with E-state index < -0.39 is 0 Å². The molecule has 10 heteroatoms. The molecule has 0 aliphatic carbocycles. The van der Waals surface area contributed by atoms with Crippen LogP contribution in [0, 0.1) is 0 Å². The number of fused-ring (bicyclic) bond motifs is 2. The van der Waals surface area contributed by atoms with E-state index in [2.05, 4.69) is 18.7 Å². The zero-order valence-electron chi connectivity index (χ0n) is 16.2. The van der Waals surface area contributed by atoms with Crippen molar-refractivity contribution in [2.24, 2.45) is 5.73 Å². The van der Waals surface area contributed by atoms with Gasteiger partial charge in [0.2, 0.25) is 5.95 Å². The summed E-state index contributed by atoms with van der Waals surface area (Å²) in [5.74, 6) is 0.806. The number of aromatic nitrogens is 6. The highest BCUT2D eigenvalue weighted by Gasteiger charge is 2.24. The van der Waals surface area contributed by atoms with Crippen LogP contribution >= 0.6 is 11.7 Å². The molecule has 0 bridgehead atoms. The minimum atomic E-state index is -0.149. The molecule has 1 atom stereocenters. The van der Waals surface area contributed by atoms with Crippen molar-refractivity contribution in [1.82, 2.24) is 28.1 Å². The highest BCUT2D eigenvalue weighted by atomic mass is 32.1. The fourth-order valence-corrected chi connectivity index (χ4v) is 4.64. The third kappa shape index (κ3) is 3.08. The monoisotopic (exact) mass is 410 g/mol. The summed E-state index contributed by atoms with van der Waals surface area (Å²) in [4.78, 5) is 20.2. The summed E-state index contributed by atoms with van der Waals surface area (Å²) in [6.45, 7) is 4.68. The summed E-state index contributed by atoms with van der Waals surface area (Å²) < 4.78 is 12.1. The lowest BCUT2D eigenvalue weighted by Crippen LogP contribution is -2.44. The van der Waals surface area contributed by atoms with Crippen LogP contribution in [0.5, 0.6) is 0 Å². The number of benzene rings is 1. The Morgan fingerprint density at radius 3 is 3.00 bits per heavy atom. The minimum absolute atomic E-state index is 0.135. The van der Waals surface area contributed by atoms with Gasteiger partial charge in [-0.25, -0.2) is 9.67 Å². The van der Waals surface area contributed by atoms with E-state index >= 15 is 0 Å². The third-order valence-electron chi connectivity index (χ3n) is 5.48. The van der Waals surface area contributed by atoms with E-state index in [9.17, 15) is 4.79 Å². The molecule has 4 aromatic rings. The molecule has 1 aromatic carbocycles. The van der Waals surface area contributed by atoms with Gasteiger partial charge in [-0.3, -0.25) is 4.79 Å². The molecule has 1 aliphatic rings. The van der Waals surface area contributed by atoms with Gasteiger partial charge >= 0.3 is 0 Å². The first-order valence-corrected chi connectivity index (χ1v) is 10.6. The maximum absolute atomic E-state index is 13.3. The van der Waals surface area contributed by atoms with Crippen molar-refractivity contribution in [1.29, 1.82) is 0 Å². The number of aryl methyl sites for hydroxylation is 1. The second-order valence-corrected chi connectivity index (χ2v) is 7.92. The molecule has 1 fully saturated rings. The summed E-state index contributed by atoms with van der Waals surface area (Å²) in [6, 6.07) is 5.94. The lowest BCUT2D eigenvalue weighted by Gasteiger charge is -2.31. The van der Waals surface area contributed by atoms with Crippen LogP contribution in [-0.4, -0.2) is 47.2 Å². The van der Waals surface area contributed by atoms with Crippen molar-refractivity contribution >= 4 is 39.7 Å². The van der Waals surface area contributed by atoms with Crippen molar-refractivity contribution in [3.05, 3.63) is 40.3 Å². The molecular weight excluding hydrogens is 388 g/mol. The second kappa shape index (κ2) is 7.20. The van der Waals surface area contributed by atoms with Crippen molar-refractivity contribution < 1.29 is 0 Å². The summed E-state index contributed by atoms with van der Waals surface area (Å²) in [5, 5.41) is 4.38. The van der Waals surface area contributed by atoms with Crippen molar-refractivity contribution in [2.45, 2.75) is 38.9 Å². The highest BCUT2D eigenvalue weighted by molar-refractivity contribution is 7.00. The Kier molecular flexibility index (Phi) is 4.51. The van der Waals surface area contributed by atoms with Gasteiger partial charge in [0.1, 0.15) is 22.1 Å². The number of imidazole rings is 1. The number of hydrogen-bond acceptors (Lipinski definition) is 8. The first-order chi connectivity index (χ1) is 14.2. The average Bonchev–Trinajstić information content (AvgIpc) is 3.35. The maximum atomic E-state index is 13.3. The van der Waals surface area contributed by atoms with Gasteiger partial charge in [0.15, 0.2) is 0 Å². The topological polar surface area (TPSA) is 108 Å². The molecule has 0 radical (unpaired) electrons. The normalized spacial score (nSPS) is 17.4. The number of rotatable bonds is 4. The van der Waals surface area contributed by atoms with E-state index in [-0.39, 0.29) is 11.6 Å². The van der Waals surface area contributed by atoms with Gasteiger partial charge in [-0.05, 0) is 25.8 Å². The predicted molar refractivity (Wildman–Crippen MR) is 113 cm³/mol. The average molecular weight is 411 g/mol. The number of anilines is 1. The van der Waals surface area contributed by atoms with Crippen molar-refractivity contribution in [3.8, 4) is 0 Å². The largest absolute Gasteiger partial charge is 0.341 e. The molecule has 1 aliphatic heterocycles. The van der Waals surface area contributed by atoms with Crippen LogP contribution in [0.4, 0.5) is 5.95 Å². The smallest absolute Gasteiger partial charge is 0.293 e. The van der Waals surface area contributed by atoms with Gasteiger partial charge in [-0.1, -0.05) is 12.1 Å². The van der Waals surface area contributed by atoms with Crippen LogP contribution in [0.2, 0.25) is 0 Å². The zero-order chi connectivity index (χ0) is 20.0. The van der Waals surface area contributed by atoms with E-state index in [1.54, 1.807) is 6.20 Å². The number of nitrogens with zero attached hydrogens (tertiary/aromatic N) is 7. The lowest BCUT2D eigenvalue weighted by molar-refractivity contribution is 0.494. The van der Waals surface area contributed by atoms with Crippen LogP contribution in [0.1, 0.15) is 25.3 Å². The predicted octanol–water partition coefficient (Wildman–Crippen LogP) is 1.59. The van der Waals surface area contributed by atoms with Crippen LogP contribution in [0.15, 0.2) is 29.2 Å². The van der Waals surface area contributed by atoms with E-state index in [1.165, 1.54) is 16.4 Å². The molecule has 0 amide bonds. The fourth-order valence-electron chi connectivity index (χ4n) is 4.07.